The topological polar surface area (TPSA) is 114 Å². The fourth-order valence-electron chi connectivity index (χ4n) is 3.23. The van der Waals surface area contributed by atoms with Crippen LogP contribution in [0.2, 0.25) is 0 Å². The van der Waals surface area contributed by atoms with Crippen LogP contribution in [0, 0.1) is 0 Å². The summed E-state index contributed by atoms with van der Waals surface area (Å²) in [6.07, 6.45) is -1.30. The maximum absolute atomic E-state index is 13.5. The number of nitrogens with zero attached hydrogens (tertiary/aromatic N) is 2. The SMILES string of the molecule is COC(=O)C1CN(C(=O)OC(C)(C)C)CCN1C(=O)c1cc(Br)ccc1NC(=O)OC(C)(C)C. The summed E-state index contributed by atoms with van der Waals surface area (Å²) in [4.78, 5) is 53.6. The minimum absolute atomic E-state index is 0.0657. The molecule has 0 spiro atoms. The normalized spacial score (nSPS) is 16.5. The Morgan fingerprint density at radius 3 is 2.18 bits per heavy atom. The third-order valence-electron chi connectivity index (χ3n) is 4.61. The van der Waals surface area contributed by atoms with Crippen LogP contribution in [0.5, 0.6) is 0 Å². The zero-order chi connectivity index (χ0) is 25.8. The van der Waals surface area contributed by atoms with E-state index in [1.807, 2.05) is 0 Å². The van der Waals surface area contributed by atoms with Gasteiger partial charge in [-0.15, -0.1) is 0 Å². The number of carbonyl (C=O) groups excluding carboxylic acids is 4. The Kier molecular flexibility index (Phi) is 8.57. The molecule has 11 heteroatoms. The summed E-state index contributed by atoms with van der Waals surface area (Å²) < 4.78 is 16.2. The fraction of sp³-hybridized carbons (Fsp3) is 0.565. The van der Waals surface area contributed by atoms with Crippen molar-refractivity contribution < 1.29 is 33.4 Å². The van der Waals surface area contributed by atoms with Gasteiger partial charge in [0.25, 0.3) is 5.91 Å². The number of anilines is 1. The van der Waals surface area contributed by atoms with Gasteiger partial charge in [0.2, 0.25) is 0 Å². The number of hydrogen-bond donors (Lipinski definition) is 1. The molecule has 2 rings (SSSR count). The minimum Gasteiger partial charge on any atom is -0.467 e. The van der Waals surface area contributed by atoms with E-state index >= 15 is 0 Å². The lowest BCUT2D eigenvalue weighted by Crippen LogP contribution is -2.60. The summed E-state index contributed by atoms with van der Waals surface area (Å²) in [6.45, 7) is 10.6. The molecule has 0 saturated carbocycles. The Bertz CT molecular complexity index is 953. The third kappa shape index (κ3) is 7.61. The number of amides is 3. The molecule has 1 saturated heterocycles. The number of halogens is 1. The van der Waals surface area contributed by atoms with E-state index in [1.54, 1.807) is 59.7 Å². The molecular formula is C23H32BrN3O7. The lowest BCUT2D eigenvalue weighted by Gasteiger charge is -2.40. The Morgan fingerprint density at radius 1 is 1.00 bits per heavy atom. The highest BCUT2D eigenvalue weighted by Crippen LogP contribution is 2.26. The number of hydrogen-bond acceptors (Lipinski definition) is 7. The van der Waals surface area contributed by atoms with Crippen LogP contribution in [0.4, 0.5) is 15.3 Å². The predicted molar refractivity (Wildman–Crippen MR) is 129 cm³/mol. The molecule has 1 aromatic carbocycles. The largest absolute Gasteiger partial charge is 0.467 e. The highest BCUT2D eigenvalue weighted by atomic mass is 79.9. The van der Waals surface area contributed by atoms with Gasteiger partial charge >= 0.3 is 18.2 Å². The van der Waals surface area contributed by atoms with Gasteiger partial charge in [-0.25, -0.2) is 14.4 Å². The average molecular weight is 542 g/mol. The molecule has 1 heterocycles. The first-order chi connectivity index (χ1) is 15.6. The summed E-state index contributed by atoms with van der Waals surface area (Å²) in [5.41, 5.74) is -1.05. The lowest BCUT2D eigenvalue weighted by molar-refractivity contribution is -0.147. The molecule has 34 heavy (non-hydrogen) atoms. The van der Waals surface area contributed by atoms with Crippen molar-refractivity contribution in [2.45, 2.75) is 58.8 Å². The number of esters is 1. The second kappa shape index (κ2) is 10.6. The van der Waals surface area contributed by atoms with Crippen molar-refractivity contribution >= 4 is 45.7 Å². The average Bonchev–Trinajstić information content (AvgIpc) is 2.70. The predicted octanol–water partition coefficient (Wildman–Crippen LogP) is 4.03. The van der Waals surface area contributed by atoms with Gasteiger partial charge in [-0.1, -0.05) is 15.9 Å². The van der Waals surface area contributed by atoms with Gasteiger partial charge in [0.05, 0.1) is 24.9 Å². The highest BCUT2D eigenvalue weighted by Gasteiger charge is 2.40. The van der Waals surface area contributed by atoms with Crippen LogP contribution in [0.25, 0.3) is 0 Å². The summed E-state index contributed by atoms with van der Waals surface area (Å²) in [5, 5.41) is 2.59. The number of nitrogens with one attached hydrogen (secondary N) is 1. The van der Waals surface area contributed by atoms with Gasteiger partial charge in [0, 0.05) is 17.6 Å². The summed E-state index contributed by atoms with van der Waals surface area (Å²) in [6, 6.07) is 3.73. The van der Waals surface area contributed by atoms with Crippen LogP contribution in [0.1, 0.15) is 51.9 Å². The monoisotopic (exact) mass is 541 g/mol. The second-order valence-electron chi connectivity index (χ2n) is 9.78. The van der Waals surface area contributed by atoms with Crippen LogP contribution >= 0.6 is 15.9 Å². The first-order valence-electron chi connectivity index (χ1n) is 10.8. The van der Waals surface area contributed by atoms with E-state index in [4.69, 9.17) is 14.2 Å². The number of benzene rings is 1. The summed E-state index contributed by atoms with van der Waals surface area (Å²) in [7, 11) is 1.21. The molecule has 0 aromatic heterocycles. The Labute approximate surface area is 208 Å². The minimum atomic E-state index is -1.05. The molecule has 1 atom stereocenters. The second-order valence-corrected chi connectivity index (χ2v) is 10.7. The molecule has 1 aromatic rings. The molecule has 1 aliphatic rings. The van der Waals surface area contributed by atoms with E-state index in [0.29, 0.717) is 4.47 Å². The molecule has 1 aliphatic heterocycles. The molecule has 1 fully saturated rings. The van der Waals surface area contributed by atoms with Crippen molar-refractivity contribution in [3.8, 4) is 0 Å². The quantitative estimate of drug-likeness (QED) is 0.453. The maximum Gasteiger partial charge on any atom is 0.412 e. The zero-order valence-electron chi connectivity index (χ0n) is 20.6. The van der Waals surface area contributed by atoms with E-state index < -0.39 is 41.3 Å². The number of ether oxygens (including phenoxy) is 3. The van der Waals surface area contributed by atoms with E-state index in [1.165, 1.54) is 16.9 Å². The van der Waals surface area contributed by atoms with E-state index in [-0.39, 0.29) is 30.9 Å². The van der Waals surface area contributed by atoms with Gasteiger partial charge < -0.3 is 24.0 Å². The first-order valence-corrected chi connectivity index (χ1v) is 11.6. The summed E-state index contributed by atoms with van der Waals surface area (Å²) in [5.74, 6) is -1.18. The van der Waals surface area contributed by atoms with Crippen LogP contribution in [-0.4, -0.2) is 77.9 Å². The molecule has 0 aliphatic carbocycles. The smallest absolute Gasteiger partial charge is 0.412 e. The van der Waals surface area contributed by atoms with Crippen molar-refractivity contribution in [2.24, 2.45) is 0 Å². The van der Waals surface area contributed by atoms with Crippen molar-refractivity contribution in [1.82, 2.24) is 9.80 Å². The maximum atomic E-state index is 13.5. The molecule has 0 bridgehead atoms. The Hall–Kier alpha value is -2.82. The van der Waals surface area contributed by atoms with Crippen LogP contribution < -0.4 is 5.32 Å². The van der Waals surface area contributed by atoms with E-state index in [2.05, 4.69) is 21.2 Å². The lowest BCUT2D eigenvalue weighted by atomic mass is 10.1. The highest BCUT2D eigenvalue weighted by molar-refractivity contribution is 9.10. The molecule has 188 valence electrons. The zero-order valence-corrected chi connectivity index (χ0v) is 22.1. The molecule has 0 radical (unpaired) electrons. The number of carbonyl (C=O) groups is 4. The van der Waals surface area contributed by atoms with E-state index in [9.17, 15) is 19.2 Å². The van der Waals surface area contributed by atoms with Crippen LogP contribution in [0.15, 0.2) is 22.7 Å². The molecule has 3 amide bonds. The Balaban J connectivity index is 2.31. The first kappa shape index (κ1) is 27.4. The van der Waals surface area contributed by atoms with Crippen molar-refractivity contribution in [2.75, 3.05) is 32.1 Å². The standard InChI is InChI=1S/C23H32BrN3O7/c1-22(2,3)33-20(30)25-16-9-8-14(24)12-15(16)18(28)27-11-10-26(13-17(27)19(29)32-7)21(31)34-23(4,5)6/h8-9,12,17H,10-11,13H2,1-7H3,(H,25,30). The van der Waals surface area contributed by atoms with Gasteiger partial charge in [0.1, 0.15) is 17.2 Å². The molecule has 10 nitrogen and oxygen atoms in total. The molecule has 1 unspecified atom stereocenters. The number of rotatable bonds is 3. The third-order valence-corrected chi connectivity index (χ3v) is 5.11. The molecule has 1 N–H and O–H groups in total. The van der Waals surface area contributed by atoms with Gasteiger partial charge in [-0.05, 0) is 59.7 Å². The fourth-order valence-corrected chi connectivity index (χ4v) is 3.59. The van der Waals surface area contributed by atoms with Crippen molar-refractivity contribution in [3.05, 3.63) is 28.2 Å². The Morgan fingerprint density at radius 2 is 1.62 bits per heavy atom. The molecular weight excluding hydrogens is 510 g/mol. The van der Waals surface area contributed by atoms with Crippen molar-refractivity contribution in [1.29, 1.82) is 0 Å². The van der Waals surface area contributed by atoms with Crippen LogP contribution in [-0.2, 0) is 19.0 Å². The van der Waals surface area contributed by atoms with Gasteiger partial charge in [-0.3, -0.25) is 10.1 Å². The van der Waals surface area contributed by atoms with Crippen molar-refractivity contribution in [3.63, 3.8) is 0 Å². The van der Waals surface area contributed by atoms with E-state index in [0.717, 1.165) is 0 Å². The summed E-state index contributed by atoms with van der Waals surface area (Å²) >= 11 is 3.34. The van der Waals surface area contributed by atoms with Gasteiger partial charge in [-0.2, -0.15) is 0 Å². The number of piperazine rings is 1. The number of methoxy groups -OCH3 is 1. The van der Waals surface area contributed by atoms with Gasteiger partial charge in [0.15, 0.2) is 0 Å². The van der Waals surface area contributed by atoms with Crippen LogP contribution in [0.3, 0.4) is 0 Å².